The second-order valence-electron chi connectivity index (χ2n) is 6.37. The van der Waals surface area contributed by atoms with E-state index in [2.05, 4.69) is 12.1 Å². The Morgan fingerprint density at radius 1 is 1.08 bits per heavy atom. The van der Waals surface area contributed by atoms with Gasteiger partial charge in [0.1, 0.15) is 11.5 Å². The van der Waals surface area contributed by atoms with Crippen LogP contribution in [0, 0.1) is 0 Å². The predicted octanol–water partition coefficient (Wildman–Crippen LogP) is 4.00. The molecule has 1 heterocycles. The smallest absolute Gasteiger partial charge is 0.223 e. The Labute approximate surface area is 149 Å². The number of ether oxygens (including phenoxy) is 2. The summed E-state index contributed by atoms with van der Waals surface area (Å²) in [4.78, 5) is 14.8. The van der Waals surface area contributed by atoms with Gasteiger partial charge in [-0.05, 0) is 54.7 Å². The number of amides is 1. The first-order chi connectivity index (χ1) is 12.2. The van der Waals surface area contributed by atoms with E-state index in [1.54, 1.807) is 14.2 Å². The summed E-state index contributed by atoms with van der Waals surface area (Å²) < 4.78 is 10.5. The van der Waals surface area contributed by atoms with Gasteiger partial charge in [-0.2, -0.15) is 0 Å². The lowest BCUT2D eigenvalue weighted by molar-refractivity contribution is -0.132. The average Bonchev–Trinajstić information content (AvgIpc) is 3.16. The Bertz CT molecular complexity index is 711. The van der Waals surface area contributed by atoms with Crippen molar-refractivity contribution in [3.8, 4) is 11.5 Å². The second-order valence-corrected chi connectivity index (χ2v) is 6.37. The second kappa shape index (κ2) is 8.06. The molecule has 0 N–H and O–H groups in total. The van der Waals surface area contributed by atoms with Crippen molar-refractivity contribution >= 4 is 5.91 Å². The van der Waals surface area contributed by atoms with E-state index in [0.29, 0.717) is 6.42 Å². The highest BCUT2D eigenvalue weighted by atomic mass is 16.5. The van der Waals surface area contributed by atoms with E-state index in [4.69, 9.17) is 9.47 Å². The summed E-state index contributed by atoms with van der Waals surface area (Å²) in [5, 5.41) is 0. The van der Waals surface area contributed by atoms with Crippen LogP contribution >= 0.6 is 0 Å². The summed E-state index contributed by atoms with van der Waals surface area (Å²) in [6.07, 6.45) is 3.35. The van der Waals surface area contributed by atoms with Gasteiger partial charge in [-0.1, -0.05) is 24.3 Å². The fourth-order valence-electron chi connectivity index (χ4n) is 3.46. The van der Waals surface area contributed by atoms with Crippen LogP contribution in [0.3, 0.4) is 0 Å². The molecular formula is C21H25NO3. The molecule has 0 aliphatic carbocycles. The first-order valence-electron chi connectivity index (χ1n) is 8.77. The molecule has 4 nitrogen and oxygen atoms in total. The van der Waals surface area contributed by atoms with Gasteiger partial charge in [0.05, 0.1) is 20.3 Å². The molecule has 1 aliphatic heterocycles. The number of aryl methyl sites for hydroxylation is 1. The zero-order valence-electron chi connectivity index (χ0n) is 14.9. The molecule has 3 rings (SSSR count). The van der Waals surface area contributed by atoms with Crippen LogP contribution in [-0.2, 0) is 11.2 Å². The van der Waals surface area contributed by atoms with Gasteiger partial charge in [0.15, 0.2) is 0 Å². The van der Waals surface area contributed by atoms with Crippen molar-refractivity contribution in [3.63, 3.8) is 0 Å². The van der Waals surface area contributed by atoms with Crippen LogP contribution in [0.5, 0.6) is 11.5 Å². The number of carbonyl (C=O) groups excluding carboxylic acids is 1. The molecule has 0 bridgehead atoms. The maximum absolute atomic E-state index is 12.7. The van der Waals surface area contributed by atoms with E-state index < -0.39 is 0 Å². The maximum Gasteiger partial charge on any atom is 0.223 e. The normalized spacial score (nSPS) is 16.7. The molecule has 2 aromatic rings. The molecule has 0 aromatic heterocycles. The topological polar surface area (TPSA) is 38.8 Å². The summed E-state index contributed by atoms with van der Waals surface area (Å²) in [6.45, 7) is 0.841. The Hall–Kier alpha value is -2.49. The van der Waals surface area contributed by atoms with Gasteiger partial charge in [-0.25, -0.2) is 0 Å². The standard InChI is InChI=1S/C21H25NO3/c1-24-18-11-9-17(10-12-18)20-7-4-14-22(20)21(23)13-8-16-5-3-6-19(15-16)25-2/h3,5-6,9-12,15,20H,4,7-8,13-14H2,1-2H3. The zero-order chi connectivity index (χ0) is 17.6. The average molecular weight is 339 g/mol. The fourth-order valence-corrected chi connectivity index (χ4v) is 3.46. The lowest BCUT2D eigenvalue weighted by atomic mass is 10.0. The Morgan fingerprint density at radius 3 is 2.56 bits per heavy atom. The largest absolute Gasteiger partial charge is 0.497 e. The quantitative estimate of drug-likeness (QED) is 0.798. The van der Waals surface area contributed by atoms with Crippen molar-refractivity contribution in [1.82, 2.24) is 4.90 Å². The Kier molecular flexibility index (Phi) is 5.59. The molecule has 1 fully saturated rings. The van der Waals surface area contributed by atoms with E-state index in [-0.39, 0.29) is 11.9 Å². The minimum atomic E-state index is 0.184. The molecule has 4 heteroatoms. The molecule has 0 radical (unpaired) electrons. The van der Waals surface area contributed by atoms with Crippen LogP contribution in [0.15, 0.2) is 48.5 Å². The summed E-state index contributed by atoms with van der Waals surface area (Å²) >= 11 is 0. The van der Waals surface area contributed by atoms with Crippen LogP contribution < -0.4 is 9.47 Å². The van der Waals surface area contributed by atoms with Crippen molar-refractivity contribution < 1.29 is 14.3 Å². The summed E-state index contributed by atoms with van der Waals surface area (Å²) in [6, 6.07) is 16.2. The van der Waals surface area contributed by atoms with E-state index in [1.165, 1.54) is 5.56 Å². The van der Waals surface area contributed by atoms with E-state index in [9.17, 15) is 4.79 Å². The van der Waals surface area contributed by atoms with Crippen LogP contribution in [0.1, 0.15) is 36.4 Å². The van der Waals surface area contributed by atoms with Crippen molar-refractivity contribution in [3.05, 3.63) is 59.7 Å². The van der Waals surface area contributed by atoms with Crippen molar-refractivity contribution in [1.29, 1.82) is 0 Å². The van der Waals surface area contributed by atoms with Gasteiger partial charge < -0.3 is 14.4 Å². The van der Waals surface area contributed by atoms with Gasteiger partial charge in [-0.3, -0.25) is 4.79 Å². The van der Waals surface area contributed by atoms with Gasteiger partial charge in [0.2, 0.25) is 5.91 Å². The Morgan fingerprint density at radius 2 is 1.84 bits per heavy atom. The molecule has 0 spiro atoms. The van der Waals surface area contributed by atoms with Gasteiger partial charge in [0, 0.05) is 13.0 Å². The summed E-state index contributed by atoms with van der Waals surface area (Å²) in [7, 11) is 3.33. The highest BCUT2D eigenvalue weighted by Gasteiger charge is 2.29. The maximum atomic E-state index is 12.7. The Balaban J connectivity index is 1.63. The monoisotopic (exact) mass is 339 g/mol. The molecule has 1 unspecified atom stereocenters. The number of benzene rings is 2. The molecule has 1 atom stereocenters. The van der Waals surface area contributed by atoms with Crippen molar-refractivity contribution in [2.75, 3.05) is 20.8 Å². The van der Waals surface area contributed by atoms with Gasteiger partial charge in [-0.15, -0.1) is 0 Å². The van der Waals surface area contributed by atoms with Crippen LogP contribution in [-0.4, -0.2) is 31.6 Å². The molecule has 1 amide bonds. The highest BCUT2D eigenvalue weighted by molar-refractivity contribution is 5.77. The predicted molar refractivity (Wildman–Crippen MR) is 98.0 cm³/mol. The number of rotatable bonds is 6. The lowest BCUT2D eigenvalue weighted by Crippen LogP contribution is -2.30. The van der Waals surface area contributed by atoms with Crippen LogP contribution in [0.4, 0.5) is 0 Å². The zero-order valence-corrected chi connectivity index (χ0v) is 14.9. The highest BCUT2D eigenvalue weighted by Crippen LogP contribution is 2.33. The molecule has 1 aliphatic rings. The summed E-state index contributed by atoms with van der Waals surface area (Å²) in [5.41, 5.74) is 2.32. The number of methoxy groups -OCH3 is 2. The molecule has 25 heavy (non-hydrogen) atoms. The SMILES string of the molecule is COc1ccc(C2CCCN2C(=O)CCc2cccc(OC)c2)cc1. The number of nitrogens with zero attached hydrogens (tertiary/aromatic N) is 1. The summed E-state index contributed by atoms with van der Waals surface area (Å²) in [5.74, 6) is 1.90. The van der Waals surface area contributed by atoms with Crippen LogP contribution in [0.25, 0.3) is 0 Å². The van der Waals surface area contributed by atoms with Gasteiger partial charge >= 0.3 is 0 Å². The minimum Gasteiger partial charge on any atom is -0.497 e. The van der Waals surface area contributed by atoms with Crippen LogP contribution in [0.2, 0.25) is 0 Å². The van der Waals surface area contributed by atoms with Crippen molar-refractivity contribution in [2.24, 2.45) is 0 Å². The third-order valence-corrected chi connectivity index (χ3v) is 4.84. The first kappa shape index (κ1) is 17.3. The molecule has 0 saturated carbocycles. The number of hydrogen-bond acceptors (Lipinski definition) is 3. The number of likely N-dealkylation sites (tertiary alicyclic amines) is 1. The van der Waals surface area contributed by atoms with Gasteiger partial charge in [0.25, 0.3) is 0 Å². The van der Waals surface area contributed by atoms with E-state index >= 15 is 0 Å². The first-order valence-corrected chi connectivity index (χ1v) is 8.77. The minimum absolute atomic E-state index is 0.184. The molecule has 1 saturated heterocycles. The fraction of sp³-hybridized carbons (Fsp3) is 0.381. The molecule has 132 valence electrons. The van der Waals surface area contributed by atoms with Crippen molar-refractivity contribution in [2.45, 2.75) is 31.7 Å². The molecular weight excluding hydrogens is 314 g/mol. The molecule has 2 aromatic carbocycles. The third kappa shape index (κ3) is 4.13. The number of hydrogen-bond donors (Lipinski definition) is 0. The third-order valence-electron chi connectivity index (χ3n) is 4.84. The van der Waals surface area contributed by atoms with E-state index in [0.717, 1.165) is 42.9 Å². The lowest BCUT2D eigenvalue weighted by Gasteiger charge is -2.25. The number of carbonyl (C=O) groups is 1. The van der Waals surface area contributed by atoms with E-state index in [1.807, 2.05) is 41.3 Å².